The molecule has 0 fully saturated rings. The molecule has 0 aliphatic rings. The standard InChI is InChI=1S/C16H20N4O4S/c1-12(10-14-11-17-6-7-18-14)20-16(22)13-2-4-15(5-3-13)25(23,24)19-8-9-21/h2-7,11-12,19,21H,8-10H2,1H3,(H,20,22). The van der Waals surface area contributed by atoms with E-state index in [0.29, 0.717) is 12.0 Å². The van der Waals surface area contributed by atoms with E-state index in [-0.39, 0.29) is 30.0 Å². The Kier molecular flexibility index (Phi) is 6.57. The largest absolute Gasteiger partial charge is 0.395 e. The molecule has 1 aromatic carbocycles. The molecule has 0 spiro atoms. The Morgan fingerprint density at radius 1 is 1.24 bits per heavy atom. The van der Waals surface area contributed by atoms with Crippen molar-refractivity contribution in [3.05, 3.63) is 54.1 Å². The number of amides is 1. The normalized spacial score (nSPS) is 12.6. The lowest BCUT2D eigenvalue weighted by Gasteiger charge is -2.13. The van der Waals surface area contributed by atoms with Gasteiger partial charge in [0, 0.05) is 43.2 Å². The zero-order valence-electron chi connectivity index (χ0n) is 13.7. The molecule has 1 amide bonds. The molecule has 0 saturated carbocycles. The minimum atomic E-state index is -3.69. The lowest BCUT2D eigenvalue weighted by Crippen LogP contribution is -2.34. The molecule has 2 rings (SSSR count). The summed E-state index contributed by atoms with van der Waals surface area (Å²) in [5, 5.41) is 11.5. The number of aliphatic hydroxyl groups is 1. The van der Waals surface area contributed by atoms with Gasteiger partial charge in [-0.15, -0.1) is 0 Å². The molecular formula is C16H20N4O4S. The van der Waals surface area contributed by atoms with E-state index >= 15 is 0 Å². The average molecular weight is 364 g/mol. The smallest absolute Gasteiger partial charge is 0.251 e. The topological polar surface area (TPSA) is 121 Å². The first-order chi connectivity index (χ1) is 11.9. The molecule has 1 heterocycles. The molecule has 0 radical (unpaired) electrons. The number of rotatable bonds is 8. The number of carbonyl (C=O) groups is 1. The zero-order valence-corrected chi connectivity index (χ0v) is 14.5. The first kappa shape index (κ1) is 19.0. The quantitative estimate of drug-likeness (QED) is 0.611. The van der Waals surface area contributed by atoms with E-state index in [1.807, 2.05) is 6.92 Å². The summed E-state index contributed by atoms with van der Waals surface area (Å²) in [7, 11) is -3.69. The van der Waals surface area contributed by atoms with Crippen molar-refractivity contribution >= 4 is 15.9 Å². The van der Waals surface area contributed by atoms with Gasteiger partial charge in [-0.05, 0) is 31.2 Å². The predicted octanol–water partition coefficient (Wildman–Crippen LogP) is 0.108. The van der Waals surface area contributed by atoms with Gasteiger partial charge in [-0.2, -0.15) is 0 Å². The third kappa shape index (κ3) is 5.59. The van der Waals surface area contributed by atoms with Gasteiger partial charge in [0.15, 0.2) is 0 Å². The first-order valence-corrected chi connectivity index (χ1v) is 9.17. The fourth-order valence-corrected chi connectivity index (χ4v) is 3.18. The van der Waals surface area contributed by atoms with Gasteiger partial charge in [0.25, 0.3) is 5.91 Å². The van der Waals surface area contributed by atoms with E-state index in [4.69, 9.17) is 5.11 Å². The number of carbonyl (C=O) groups excluding carboxylic acids is 1. The highest BCUT2D eigenvalue weighted by Gasteiger charge is 2.15. The number of aromatic nitrogens is 2. The van der Waals surface area contributed by atoms with E-state index < -0.39 is 10.0 Å². The fraction of sp³-hybridized carbons (Fsp3) is 0.312. The third-order valence-corrected chi connectivity index (χ3v) is 4.82. The second-order valence-corrected chi connectivity index (χ2v) is 7.19. The van der Waals surface area contributed by atoms with Crippen LogP contribution in [-0.2, 0) is 16.4 Å². The van der Waals surface area contributed by atoms with Crippen molar-refractivity contribution in [1.82, 2.24) is 20.0 Å². The number of nitrogens with zero attached hydrogens (tertiary/aromatic N) is 2. The van der Waals surface area contributed by atoms with Crippen molar-refractivity contribution in [2.45, 2.75) is 24.3 Å². The summed E-state index contributed by atoms with van der Waals surface area (Å²) in [4.78, 5) is 20.4. The zero-order chi connectivity index (χ0) is 18.3. The van der Waals surface area contributed by atoms with E-state index in [0.717, 1.165) is 5.69 Å². The molecule has 1 aromatic heterocycles. The van der Waals surface area contributed by atoms with E-state index in [1.54, 1.807) is 18.6 Å². The average Bonchev–Trinajstić information content (AvgIpc) is 2.61. The van der Waals surface area contributed by atoms with Gasteiger partial charge in [0.2, 0.25) is 10.0 Å². The SMILES string of the molecule is CC(Cc1cnccn1)NC(=O)c1ccc(S(=O)(=O)NCCO)cc1. The van der Waals surface area contributed by atoms with Crippen molar-refractivity contribution in [3.8, 4) is 0 Å². The summed E-state index contributed by atoms with van der Waals surface area (Å²) in [6.07, 6.45) is 5.35. The molecular weight excluding hydrogens is 344 g/mol. The van der Waals surface area contributed by atoms with Crippen LogP contribution in [0.5, 0.6) is 0 Å². The second-order valence-electron chi connectivity index (χ2n) is 5.42. The minimum absolute atomic E-state index is 0.0325. The van der Waals surface area contributed by atoms with Gasteiger partial charge < -0.3 is 10.4 Å². The molecule has 0 aliphatic carbocycles. The first-order valence-electron chi connectivity index (χ1n) is 7.68. The van der Waals surface area contributed by atoms with Crippen molar-refractivity contribution in [2.24, 2.45) is 0 Å². The number of hydrogen-bond donors (Lipinski definition) is 3. The summed E-state index contributed by atoms with van der Waals surface area (Å²) in [5.41, 5.74) is 1.12. The summed E-state index contributed by atoms with van der Waals surface area (Å²) in [5.74, 6) is -0.302. The van der Waals surface area contributed by atoms with Gasteiger partial charge >= 0.3 is 0 Å². The van der Waals surface area contributed by atoms with Crippen LogP contribution in [-0.4, -0.2) is 48.6 Å². The Labute approximate surface area is 146 Å². The second kappa shape index (κ2) is 8.65. The molecule has 3 N–H and O–H groups in total. The van der Waals surface area contributed by atoms with Gasteiger partial charge in [-0.1, -0.05) is 0 Å². The van der Waals surface area contributed by atoms with Crippen molar-refractivity contribution in [2.75, 3.05) is 13.2 Å². The van der Waals surface area contributed by atoms with E-state index in [2.05, 4.69) is 20.0 Å². The van der Waals surface area contributed by atoms with Gasteiger partial charge in [0.05, 0.1) is 17.2 Å². The van der Waals surface area contributed by atoms with Crippen LogP contribution >= 0.6 is 0 Å². The van der Waals surface area contributed by atoms with Crippen LogP contribution in [0.3, 0.4) is 0 Å². The van der Waals surface area contributed by atoms with Gasteiger partial charge in [-0.3, -0.25) is 14.8 Å². The number of sulfonamides is 1. The molecule has 1 atom stereocenters. The summed E-state index contributed by atoms with van der Waals surface area (Å²) in [6, 6.07) is 5.43. The fourth-order valence-electron chi connectivity index (χ4n) is 2.16. The maximum atomic E-state index is 12.2. The Hall–Kier alpha value is -2.36. The molecule has 8 nitrogen and oxygen atoms in total. The molecule has 134 valence electrons. The van der Waals surface area contributed by atoms with Crippen LogP contribution in [0.4, 0.5) is 0 Å². The Morgan fingerprint density at radius 2 is 1.96 bits per heavy atom. The predicted molar refractivity (Wildman–Crippen MR) is 91.4 cm³/mol. The van der Waals surface area contributed by atoms with Gasteiger partial charge in [0.1, 0.15) is 0 Å². The van der Waals surface area contributed by atoms with Crippen LogP contribution in [0.2, 0.25) is 0 Å². The number of hydrogen-bond acceptors (Lipinski definition) is 6. The molecule has 0 saturated heterocycles. The van der Waals surface area contributed by atoms with Crippen molar-refractivity contribution in [1.29, 1.82) is 0 Å². The van der Waals surface area contributed by atoms with E-state index in [1.165, 1.54) is 24.3 Å². The molecule has 1 unspecified atom stereocenters. The molecule has 2 aromatic rings. The third-order valence-electron chi connectivity index (χ3n) is 3.34. The van der Waals surface area contributed by atoms with Crippen molar-refractivity contribution < 1.29 is 18.3 Å². The van der Waals surface area contributed by atoms with Gasteiger partial charge in [-0.25, -0.2) is 13.1 Å². The lowest BCUT2D eigenvalue weighted by molar-refractivity contribution is 0.0940. The number of aliphatic hydroxyl groups excluding tert-OH is 1. The molecule has 0 bridgehead atoms. The van der Waals surface area contributed by atoms with Crippen LogP contribution < -0.4 is 10.0 Å². The van der Waals surface area contributed by atoms with E-state index in [9.17, 15) is 13.2 Å². The Bertz CT molecular complexity index is 795. The molecule has 0 aliphatic heterocycles. The Morgan fingerprint density at radius 3 is 2.56 bits per heavy atom. The minimum Gasteiger partial charge on any atom is -0.395 e. The highest BCUT2D eigenvalue weighted by Crippen LogP contribution is 2.11. The van der Waals surface area contributed by atoms with Crippen molar-refractivity contribution in [3.63, 3.8) is 0 Å². The highest BCUT2D eigenvalue weighted by molar-refractivity contribution is 7.89. The van der Waals surface area contributed by atoms with Crippen LogP contribution in [0, 0.1) is 0 Å². The van der Waals surface area contributed by atoms with Crippen LogP contribution in [0.1, 0.15) is 23.0 Å². The number of nitrogens with one attached hydrogen (secondary N) is 2. The molecule has 25 heavy (non-hydrogen) atoms. The summed E-state index contributed by atoms with van der Waals surface area (Å²) >= 11 is 0. The highest BCUT2D eigenvalue weighted by atomic mass is 32.2. The molecule has 9 heteroatoms. The number of benzene rings is 1. The Balaban J connectivity index is 1.98. The van der Waals surface area contributed by atoms with Crippen LogP contribution in [0.15, 0.2) is 47.8 Å². The van der Waals surface area contributed by atoms with Crippen LogP contribution in [0.25, 0.3) is 0 Å². The monoisotopic (exact) mass is 364 g/mol. The lowest BCUT2D eigenvalue weighted by atomic mass is 10.1. The maximum Gasteiger partial charge on any atom is 0.251 e. The summed E-state index contributed by atoms with van der Waals surface area (Å²) < 4.78 is 26.1. The summed E-state index contributed by atoms with van der Waals surface area (Å²) in [6.45, 7) is 1.50. The maximum absolute atomic E-state index is 12.2.